The highest BCUT2D eigenvalue weighted by Crippen LogP contribution is 2.43. The summed E-state index contributed by atoms with van der Waals surface area (Å²) in [6.45, 7) is 3.57. The molecule has 2 unspecified atom stereocenters. The number of carboxylic acids is 2. The molecule has 0 aliphatic carbocycles. The summed E-state index contributed by atoms with van der Waals surface area (Å²) in [5.41, 5.74) is 8.93. The van der Waals surface area contributed by atoms with E-state index in [-0.39, 0.29) is 25.8 Å². The number of ether oxygens (including phenoxy) is 6. The van der Waals surface area contributed by atoms with Gasteiger partial charge in [0.15, 0.2) is 23.0 Å². The van der Waals surface area contributed by atoms with Gasteiger partial charge in [0, 0.05) is 83.0 Å². The van der Waals surface area contributed by atoms with Crippen LogP contribution in [0, 0.1) is 0 Å². The highest BCUT2D eigenvalue weighted by molar-refractivity contribution is 6.31. The fourth-order valence-corrected chi connectivity index (χ4v) is 8.50. The summed E-state index contributed by atoms with van der Waals surface area (Å²) >= 11 is 12.3. The van der Waals surface area contributed by atoms with Crippen molar-refractivity contribution in [2.45, 2.75) is 50.7 Å². The first-order valence-corrected chi connectivity index (χ1v) is 22.5. The molecule has 6 aromatic rings. The van der Waals surface area contributed by atoms with Gasteiger partial charge in [-0.25, -0.2) is 9.59 Å². The SMILES string of the molecule is COc1cc(CC2CC(CNCCc3c[nH]c4ccc(Cl)cc34)=NO2)cc2c1OCO2.COc1cc(CC2CC(CNCCc3c[nH]c4ccc(Cl)cc34)=NO2)cc2c1OCO2.O=C(O)C(=O)O. The predicted molar refractivity (Wildman–Crippen MR) is 255 cm³/mol. The number of benzene rings is 4. The van der Waals surface area contributed by atoms with Gasteiger partial charge in [-0.05, 0) is 109 Å². The molecule has 18 nitrogen and oxygen atoms in total. The Hall–Kier alpha value is -6.86. The predicted octanol–water partition coefficient (Wildman–Crippen LogP) is 7.31. The number of methoxy groups -OCH3 is 2. The minimum absolute atomic E-state index is 0.0117. The number of carboxylic acid groups (broad SMARTS) is 2. The van der Waals surface area contributed by atoms with Crippen LogP contribution in [0.25, 0.3) is 21.8 Å². The molecule has 4 aliphatic heterocycles. The van der Waals surface area contributed by atoms with Gasteiger partial charge in [0.1, 0.15) is 12.2 Å². The Morgan fingerprint density at radius 2 is 1.10 bits per heavy atom. The molecule has 0 saturated heterocycles. The first kappa shape index (κ1) is 47.6. The molecular formula is C48H50Cl2N6O12. The number of halogens is 2. The summed E-state index contributed by atoms with van der Waals surface area (Å²) in [7, 11) is 3.26. The van der Waals surface area contributed by atoms with Gasteiger partial charge in [-0.3, -0.25) is 0 Å². The molecule has 10 rings (SSSR count). The van der Waals surface area contributed by atoms with Gasteiger partial charge in [-0.2, -0.15) is 0 Å². The second-order valence-electron chi connectivity index (χ2n) is 16.1. The average Bonchev–Trinajstić information content (AvgIpc) is 4.21. The Labute approximate surface area is 400 Å². The standard InChI is InChI=1S/2C23H24ClN3O4.C2H2O4/c2*1-28-21-7-14(8-22-23(21)30-13-29-22)6-18-10-17(27-31-18)12-25-5-4-15-11-26-20-3-2-16(24)9-19(15)20;3-1(4)2(5)6/h2*2-3,7-9,11,18,25-26H,4-6,10,12-13H2,1H3;(H,3,4)(H,5,6). The quantitative estimate of drug-likeness (QED) is 0.0413. The number of H-pyrrole nitrogens is 2. The molecule has 0 amide bonds. The number of aromatic amines is 2. The van der Waals surface area contributed by atoms with Gasteiger partial charge in [-0.1, -0.05) is 33.5 Å². The number of nitrogens with zero attached hydrogens (tertiary/aromatic N) is 2. The van der Waals surface area contributed by atoms with E-state index in [1.165, 1.54) is 21.9 Å². The third kappa shape index (κ3) is 12.0. The number of oxime groups is 2. The minimum Gasteiger partial charge on any atom is -0.493 e. The number of hydrogen-bond acceptors (Lipinski definition) is 14. The molecule has 358 valence electrons. The number of carbonyl (C=O) groups is 2. The summed E-state index contributed by atoms with van der Waals surface area (Å²) in [6, 6.07) is 19.7. The molecular weight excluding hydrogens is 923 g/mol. The zero-order valence-electron chi connectivity index (χ0n) is 37.2. The zero-order chi connectivity index (χ0) is 47.6. The topological polar surface area (TPSA) is 229 Å². The van der Waals surface area contributed by atoms with Crippen LogP contribution in [-0.4, -0.2) is 110 Å². The lowest BCUT2D eigenvalue weighted by atomic mass is 10.0. The maximum atomic E-state index is 9.10. The van der Waals surface area contributed by atoms with E-state index in [9.17, 15) is 0 Å². The van der Waals surface area contributed by atoms with Crippen LogP contribution < -0.4 is 39.1 Å². The number of aliphatic carboxylic acids is 2. The highest BCUT2D eigenvalue weighted by Gasteiger charge is 2.27. The van der Waals surface area contributed by atoms with Crippen LogP contribution in [0.2, 0.25) is 10.0 Å². The number of nitrogens with one attached hydrogen (secondary N) is 4. The molecule has 0 radical (unpaired) electrons. The Bertz CT molecular complexity index is 2640. The summed E-state index contributed by atoms with van der Waals surface area (Å²) in [6.07, 6.45) is 9.01. The maximum Gasteiger partial charge on any atom is 0.414 e. The van der Waals surface area contributed by atoms with Gasteiger partial charge in [0.2, 0.25) is 25.1 Å². The first-order valence-electron chi connectivity index (χ1n) is 21.8. The van der Waals surface area contributed by atoms with E-state index in [0.717, 1.165) is 95.2 Å². The largest absolute Gasteiger partial charge is 0.493 e. The molecule has 0 bridgehead atoms. The summed E-state index contributed by atoms with van der Waals surface area (Å²) in [5, 5.41) is 34.1. The molecule has 4 aliphatic rings. The van der Waals surface area contributed by atoms with Crippen LogP contribution >= 0.6 is 23.2 Å². The monoisotopic (exact) mass is 972 g/mol. The number of hydrogen-bond donors (Lipinski definition) is 6. The number of fused-ring (bicyclic) bond motifs is 4. The molecule has 0 spiro atoms. The second-order valence-corrected chi connectivity index (χ2v) is 17.0. The smallest absolute Gasteiger partial charge is 0.414 e. The third-order valence-corrected chi connectivity index (χ3v) is 11.9. The first-order chi connectivity index (χ1) is 33.0. The number of aromatic nitrogens is 2. The molecule has 68 heavy (non-hydrogen) atoms. The summed E-state index contributed by atoms with van der Waals surface area (Å²) < 4.78 is 32.8. The Morgan fingerprint density at radius 1 is 0.662 bits per heavy atom. The van der Waals surface area contributed by atoms with E-state index in [4.69, 9.17) is 81.1 Å². The van der Waals surface area contributed by atoms with E-state index in [0.29, 0.717) is 47.6 Å². The molecule has 0 saturated carbocycles. The lowest BCUT2D eigenvalue weighted by molar-refractivity contribution is -0.159. The van der Waals surface area contributed by atoms with Gasteiger partial charge in [0.25, 0.3) is 0 Å². The van der Waals surface area contributed by atoms with Gasteiger partial charge < -0.3 is 68.9 Å². The highest BCUT2D eigenvalue weighted by atomic mass is 35.5. The van der Waals surface area contributed by atoms with Crippen LogP contribution in [0.4, 0.5) is 0 Å². The molecule has 6 heterocycles. The van der Waals surface area contributed by atoms with Crippen molar-refractivity contribution >= 4 is 68.4 Å². The van der Waals surface area contributed by atoms with Crippen molar-refractivity contribution in [2.75, 3.05) is 54.0 Å². The Kier molecular flexibility index (Phi) is 15.6. The van der Waals surface area contributed by atoms with Crippen molar-refractivity contribution in [3.05, 3.63) is 105 Å². The lowest BCUT2D eigenvalue weighted by Gasteiger charge is -2.11. The van der Waals surface area contributed by atoms with E-state index in [1.54, 1.807) is 14.2 Å². The molecule has 20 heteroatoms. The van der Waals surface area contributed by atoms with Crippen LogP contribution in [-0.2, 0) is 44.9 Å². The van der Waals surface area contributed by atoms with Crippen LogP contribution in [0.1, 0.15) is 35.1 Å². The van der Waals surface area contributed by atoms with Crippen molar-refractivity contribution in [3.63, 3.8) is 0 Å². The van der Waals surface area contributed by atoms with Crippen molar-refractivity contribution in [1.82, 2.24) is 20.6 Å². The van der Waals surface area contributed by atoms with Gasteiger partial charge in [0.05, 0.1) is 25.6 Å². The normalized spacial score (nSPS) is 16.2. The van der Waals surface area contributed by atoms with E-state index >= 15 is 0 Å². The van der Waals surface area contributed by atoms with Crippen LogP contribution in [0.5, 0.6) is 34.5 Å². The Morgan fingerprint density at radius 3 is 1.51 bits per heavy atom. The Balaban J connectivity index is 0.000000164. The van der Waals surface area contributed by atoms with Crippen molar-refractivity contribution in [1.29, 1.82) is 0 Å². The molecule has 6 N–H and O–H groups in total. The van der Waals surface area contributed by atoms with Crippen LogP contribution in [0.3, 0.4) is 0 Å². The third-order valence-electron chi connectivity index (χ3n) is 11.4. The summed E-state index contributed by atoms with van der Waals surface area (Å²) in [4.78, 5) is 36.1. The average molecular weight is 974 g/mol. The van der Waals surface area contributed by atoms with E-state index in [2.05, 4.69) is 43.3 Å². The van der Waals surface area contributed by atoms with Crippen LogP contribution in [0.15, 0.2) is 83.4 Å². The molecule has 2 atom stereocenters. The molecule has 2 aromatic heterocycles. The second kappa shape index (κ2) is 22.3. The van der Waals surface area contributed by atoms with Crippen molar-refractivity contribution in [3.8, 4) is 34.5 Å². The van der Waals surface area contributed by atoms with Crippen molar-refractivity contribution in [2.24, 2.45) is 10.3 Å². The fraction of sp³-hybridized carbons (Fsp3) is 0.333. The lowest BCUT2D eigenvalue weighted by Crippen LogP contribution is -2.25. The fourth-order valence-electron chi connectivity index (χ4n) is 8.16. The number of rotatable bonds is 16. The molecule has 0 fully saturated rings. The minimum atomic E-state index is -1.82. The maximum absolute atomic E-state index is 9.10. The van der Waals surface area contributed by atoms with E-state index < -0.39 is 11.9 Å². The van der Waals surface area contributed by atoms with E-state index in [1.807, 2.05) is 60.7 Å². The molecule has 4 aromatic carbocycles. The van der Waals surface area contributed by atoms with Gasteiger partial charge >= 0.3 is 11.9 Å². The van der Waals surface area contributed by atoms with Crippen molar-refractivity contribution < 1.29 is 57.9 Å². The zero-order valence-corrected chi connectivity index (χ0v) is 38.7. The summed E-state index contributed by atoms with van der Waals surface area (Å²) in [5.74, 6) is 0.482. The van der Waals surface area contributed by atoms with Gasteiger partial charge in [-0.15, -0.1) is 0 Å².